The average molecular weight is 353 g/mol. The van der Waals surface area contributed by atoms with Crippen LogP contribution in [0.4, 0.5) is 9.93 Å². The van der Waals surface area contributed by atoms with Crippen LogP contribution in [-0.2, 0) is 4.74 Å². The maximum atomic E-state index is 11.7. The third-order valence-corrected chi connectivity index (χ3v) is 4.36. The molecule has 0 aliphatic heterocycles. The highest BCUT2D eigenvalue weighted by molar-refractivity contribution is 7.14. The predicted molar refractivity (Wildman–Crippen MR) is 102 cm³/mol. The molecular weight excluding hydrogens is 334 g/mol. The molecule has 1 aromatic heterocycles. The van der Waals surface area contributed by atoms with Gasteiger partial charge in [0, 0.05) is 24.6 Å². The Bertz CT molecular complexity index is 816. The highest BCUT2D eigenvalue weighted by atomic mass is 32.1. The highest BCUT2D eigenvalue weighted by Gasteiger charge is 2.08. The van der Waals surface area contributed by atoms with Crippen LogP contribution in [0.2, 0.25) is 0 Å². The van der Waals surface area contributed by atoms with Gasteiger partial charge >= 0.3 is 6.03 Å². The largest absolute Gasteiger partial charge is 0.383 e. The summed E-state index contributed by atoms with van der Waals surface area (Å²) in [6.45, 7) is 0.936. The lowest BCUT2D eigenvalue weighted by atomic mass is 10.0. The van der Waals surface area contributed by atoms with Gasteiger partial charge in [-0.3, -0.25) is 5.32 Å². The molecule has 0 fully saturated rings. The normalized spacial score (nSPS) is 10.4. The molecule has 0 radical (unpaired) electrons. The number of urea groups is 1. The number of amides is 2. The first kappa shape index (κ1) is 17.1. The van der Waals surface area contributed by atoms with Crippen LogP contribution in [0.1, 0.15) is 0 Å². The molecule has 1 heterocycles. The van der Waals surface area contributed by atoms with E-state index in [1.165, 1.54) is 16.9 Å². The molecule has 3 rings (SSSR count). The topological polar surface area (TPSA) is 63.2 Å². The maximum Gasteiger partial charge on any atom is 0.321 e. The molecule has 0 unspecified atom stereocenters. The van der Waals surface area contributed by atoms with Crippen molar-refractivity contribution in [2.45, 2.75) is 0 Å². The van der Waals surface area contributed by atoms with Crippen LogP contribution in [0.3, 0.4) is 0 Å². The number of methoxy groups -OCH3 is 1. The van der Waals surface area contributed by atoms with Crippen molar-refractivity contribution in [3.63, 3.8) is 0 Å². The van der Waals surface area contributed by atoms with Crippen molar-refractivity contribution in [3.05, 3.63) is 60.0 Å². The van der Waals surface area contributed by atoms with E-state index < -0.39 is 0 Å². The Labute approximate surface area is 150 Å². The van der Waals surface area contributed by atoms with E-state index in [0.29, 0.717) is 18.3 Å². The van der Waals surface area contributed by atoms with Crippen molar-refractivity contribution >= 4 is 22.5 Å². The summed E-state index contributed by atoms with van der Waals surface area (Å²) in [6, 6.07) is 18.2. The van der Waals surface area contributed by atoms with Crippen LogP contribution in [0.15, 0.2) is 60.0 Å². The molecule has 2 N–H and O–H groups in total. The molecule has 0 bridgehead atoms. The van der Waals surface area contributed by atoms with Crippen molar-refractivity contribution in [1.29, 1.82) is 0 Å². The van der Waals surface area contributed by atoms with Gasteiger partial charge in [0.15, 0.2) is 5.13 Å². The Morgan fingerprint density at radius 3 is 2.44 bits per heavy atom. The summed E-state index contributed by atoms with van der Waals surface area (Å²) in [5.74, 6) is 0. The van der Waals surface area contributed by atoms with Crippen molar-refractivity contribution in [2.75, 3.05) is 25.6 Å². The van der Waals surface area contributed by atoms with E-state index in [1.807, 2.05) is 35.7 Å². The summed E-state index contributed by atoms with van der Waals surface area (Å²) in [5, 5.41) is 7.93. The van der Waals surface area contributed by atoms with Gasteiger partial charge in [-0.1, -0.05) is 54.6 Å². The number of thiazole rings is 1. The van der Waals surface area contributed by atoms with Gasteiger partial charge in [0.25, 0.3) is 0 Å². The van der Waals surface area contributed by atoms with Gasteiger partial charge in [-0.05, 0) is 11.1 Å². The minimum atomic E-state index is -0.280. The molecule has 25 heavy (non-hydrogen) atoms. The minimum Gasteiger partial charge on any atom is -0.383 e. The van der Waals surface area contributed by atoms with E-state index in [4.69, 9.17) is 4.74 Å². The summed E-state index contributed by atoms with van der Waals surface area (Å²) in [7, 11) is 1.59. The van der Waals surface area contributed by atoms with E-state index >= 15 is 0 Å². The van der Waals surface area contributed by atoms with Crippen molar-refractivity contribution in [1.82, 2.24) is 10.3 Å². The maximum absolute atomic E-state index is 11.7. The van der Waals surface area contributed by atoms with Gasteiger partial charge in [0.2, 0.25) is 0 Å². The van der Waals surface area contributed by atoms with Gasteiger partial charge in [-0.15, -0.1) is 11.3 Å². The van der Waals surface area contributed by atoms with Crippen molar-refractivity contribution in [3.8, 4) is 22.4 Å². The quantitative estimate of drug-likeness (QED) is 0.651. The first-order chi connectivity index (χ1) is 12.3. The van der Waals surface area contributed by atoms with Crippen molar-refractivity contribution in [2.24, 2.45) is 0 Å². The molecule has 5 nitrogen and oxygen atoms in total. The molecule has 0 aliphatic carbocycles. The molecule has 6 heteroatoms. The standard InChI is InChI=1S/C19H19N3O2S/c1-24-12-11-20-18(23)22-19-21-17(13-25-19)16-9-7-15(8-10-16)14-5-3-2-4-6-14/h2-10,13H,11-12H2,1H3,(H2,20,21,22,23). The summed E-state index contributed by atoms with van der Waals surface area (Å²) in [5.41, 5.74) is 4.21. The number of anilines is 1. The fraction of sp³-hybridized carbons (Fsp3) is 0.158. The Morgan fingerprint density at radius 2 is 1.72 bits per heavy atom. The number of hydrogen-bond donors (Lipinski definition) is 2. The van der Waals surface area contributed by atoms with E-state index in [2.05, 4.69) is 39.9 Å². The van der Waals surface area contributed by atoms with Crippen LogP contribution in [0.5, 0.6) is 0 Å². The zero-order valence-electron chi connectivity index (χ0n) is 13.9. The third kappa shape index (κ3) is 4.65. The molecule has 0 saturated heterocycles. The molecule has 0 spiro atoms. The number of carbonyl (C=O) groups is 1. The lowest BCUT2D eigenvalue weighted by molar-refractivity contribution is 0.198. The number of aromatic nitrogens is 1. The van der Waals surface area contributed by atoms with Crippen LogP contribution in [-0.4, -0.2) is 31.3 Å². The zero-order chi connectivity index (χ0) is 17.5. The average Bonchev–Trinajstić information content (AvgIpc) is 3.11. The zero-order valence-corrected chi connectivity index (χ0v) is 14.7. The fourth-order valence-electron chi connectivity index (χ4n) is 2.34. The molecule has 0 atom stereocenters. The number of benzene rings is 2. The third-order valence-electron chi connectivity index (χ3n) is 3.60. The molecule has 0 aliphatic rings. The first-order valence-electron chi connectivity index (χ1n) is 7.91. The molecule has 128 valence electrons. The van der Waals surface area contributed by atoms with Gasteiger partial charge in [-0.25, -0.2) is 9.78 Å². The van der Waals surface area contributed by atoms with E-state index in [9.17, 15) is 4.79 Å². The van der Waals surface area contributed by atoms with Gasteiger partial charge in [0.05, 0.1) is 12.3 Å². The summed E-state index contributed by atoms with van der Waals surface area (Å²) >= 11 is 1.40. The molecule has 2 aromatic carbocycles. The smallest absolute Gasteiger partial charge is 0.321 e. The monoisotopic (exact) mass is 353 g/mol. The van der Waals surface area contributed by atoms with Gasteiger partial charge in [-0.2, -0.15) is 0 Å². The number of nitrogens with one attached hydrogen (secondary N) is 2. The number of ether oxygens (including phenoxy) is 1. The van der Waals surface area contributed by atoms with E-state index in [-0.39, 0.29) is 6.03 Å². The highest BCUT2D eigenvalue weighted by Crippen LogP contribution is 2.27. The van der Waals surface area contributed by atoms with Crippen LogP contribution in [0.25, 0.3) is 22.4 Å². The van der Waals surface area contributed by atoms with Crippen LogP contribution in [0, 0.1) is 0 Å². The molecule has 0 saturated carbocycles. The Balaban J connectivity index is 1.65. The summed E-state index contributed by atoms with van der Waals surface area (Å²) < 4.78 is 4.89. The second-order valence-corrected chi connectivity index (χ2v) is 6.21. The Hall–Kier alpha value is -2.70. The minimum absolute atomic E-state index is 0.280. The van der Waals surface area contributed by atoms with Crippen molar-refractivity contribution < 1.29 is 9.53 Å². The Morgan fingerprint density at radius 1 is 1.04 bits per heavy atom. The number of carbonyl (C=O) groups excluding carboxylic acids is 1. The van der Waals surface area contributed by atoms with Crippen LogP contribution >= 0.6 is 11.3 Å². The van der Waals surface area contributed by atoms with E-state index in [1.54, 1.807) is 7.11 Å². The SMILES string of the molecule is COCCNC(=O)Nc1nc(-c2ccc(-c3ccccc3)cc2)cs1. The predicted octanol–water partition coefficient (Wildman–Crippen LogP) is 4.25. The number of rotatable bonds is 6. The second-order valence-electron chi connectivity index (χ2n) is 5.35. The lowest BCUT2D eigenvalue weighted by Gasteiger charge is -2.04. The Kier molecular flexibility index (Phi) is 5.77. The van der Waals surface area contributed by atoms with Gasteiger partial charge < -0.3 is 10.1 Å². The van der Waals surface area contributed by atoms with E-state index in [0.717, 1.165) is 16.8 Å². The summed E-state index contributed by atoms with van der Waals surface area (Å²) in [6.07, 6.45) is 0. The molecular formula is C19H19N3O2S. The number of hydrogen-bond acceptors (Lipinski definition) is 4. The summed E-state index contributed by atoms with van der Waals surface area (Å²) in [4.78, 5) is 16.2. The first-order valence-corrected chi connectivity index (χ1v) is 8.79. The molecule has 3 aromatic rings. The second kappa shape index (κ2) is 8.41. The fourth-order valence-corrected chi connectivity index (χ4v) is 3.05. The van der Waals surface area contributed by atoms with Crippen LogP contribution < -0.4 is 10.6 Å². The lowest BCUT2D eigenvalue weighted by Crippen LogP contribution is -2.31. The van der Waals surface area contributed by atoms with Gasteiger partial charge in [0.1, 0.15) is 0 Å². The number of nitrogens with zero attached hydrogens (tertiary/aromatic N) is 1. The molecule has 2 amide bonds.